The van der Waals surface area contributed by atoms with Crippen molar-refractivity contribution < 1.29 is 9.59 Å². The molecule has 1 aliphatic heterocycles. The molecule has 2 aromatic rings. The molecule has 0 radical (unpaired) electrons. The van der Waals surface area contributed by atoms with Crippen molar-refractivity contribution in [2.24, 2.45) is 0 Å². The minimum atomic E-state index is -0.440. The van der Waals surface area contributed by atoms with Crippen molar-refractivity contribution in [2.75, 3.05) is 26.2 Å². The minimum absolute atomic E-state index is 0.0109. The fourth-order valence-corrected chi connectivity index (χ4v) is 2.98. The van der Waals surface area contributed by atoms with Gasteiger partial charge in [0, 0.05) is 44.1 Å². The molecule has 0 unspecified atom stereocenters. The number of carbonyl (C=O) groups excluding carboxylic acids is 2. The van der Waals surface area contributed by atoms with E-state index >= 15 is 0 Å². The monoisotopic (exact) mass is 354 g/mol. The highest BCUT2D eigenvalue weighted by atomic mass is 16.2. The second-order valence-corrected chi connectivity index (χ2v) is 6.25. The summed E-state index contributed by atoms with van der Waals surface area (Å²) in [6.07, 6.45) is 3.89. The van der Waals surface area contributed by atoms with E-state index in [0.717, 1.165) is 6.42 Å². The maximum atomic E-state index is 12.6. The number of hydrogen-bond donors (Lipinski definition) is 0. The number of nitrogens with zero attached hydrogens (tertiary/aromatic N) is 4. The van der Waals surface area contributed by atoms with E-state index in [0.29, 0.717) is 31.7 Å². The quantitative estimate of drug-likeness (QED) is 0.814. The van der Waals surface area contributed by atoms with E-state index in [2.05, 4.69) is 11.9 Å². The molecule has 1 fully saturated rings. The van der Waals surface area contributed by atoms with E-state index in [-0.39, 0.29) is 18.4 Å². The summed E-state index contributed by atoms with van der Waals surface area (Å²) >= 11 is 0. The van der Waals surface area contributed by atoms with Gasteiger partial charge < -0.3 is 9.80 Å². The molecule has 2 heterocycles. The van der Waals surface area contributed by atoms with E-state index in [4.69, 9.17) is 0 Å². The van der Waals surface area contributed by atoms with E-state index in [9.17, 15) is 14.4 Å². The Hall–Kier alpha value is -2.96. The largest absolute Gasteiger partial charge is 0.347 e. The number of carbonyl (C=O) groups is 2. The standard InChI is InChI=1S/C19H22N4O3/c1-2-15-4-6-16(7-5-15)18(25)22-12-10-21(11-13-22)17(24)14-23-9-3-8-20-19(23)26/h3-9H,2,10-14H2,1H3. The van der Waals surface area contributed by atoms with E-state index in [1.807, 2.05) is 24.3 Å². The predicted molar refractivity (Wildman–Crippen MR) is 96.8 cm³/mol. The summed E-state index contributed by atoms with van der Waals surface area (Å²) in [4.78, 5) is 43.7. The van der Waals surface area contributed by atoms with Crippen LogP contribution in [0.5, 0.6) is 0 Å². The Bertz CT molecular complexity index is 836. The van der Waals surface area contributed by atoms with E-state index < -0.39 is 5.69 Å². The first-order valence-corrected chi connectivity index (χ1v) is 8.76. The lowest BCUT2D eigenvalue weighted by Crippen LogP contribution is -2.51. The molecule has 26 heavy (non-hydrogen) atoms. The van der Waals surface area contributed by atoms with Crippen LogP contribution in [0.15, 0.2) is 47.5 Å². The highest BCUT2D eigenvalue weighted by molar-refractivity contribution is 5.94. The third-order valence-corrected chi connectivity index (χ3v) is 4.62. The molecule has 0 atom stereocenters. The van der Waals surface area contributed by atoms with Gasteiger partial charge in [-0.3, -0.25) is 14.2 Å². The van der Waals surface area contributed by atoms with Crippen LogP contribution in [0.2, 0.25) is 0 Å². The van der Waals surface area contributed by atoms with Crippen LogP contribution in [-0.4, -0.2) is 57.3 Å². The Morgan fingerprint density at radius 2 is 1.69 bits per heavy atom. The van der Waals surface area contributed by atoms with Gasteiger partial charge in [0.25, 0.3) is 5.91 Å². The topological polar surface area (TPSA) is 75.5 Å². The zero-order chi connectivity index (χ0) is 18.5. The Morgan fingerprint density at radius 1 is 1.04 bits per heavy atom. The number of piperazine rings is 1. The molecule has 7 nitrogen and oxygen atoms in total. The van der Waals surface area contributed by atoms with Crippen LogP contribution >= 0.6 is 0 Å². The van der Waals surface area contributed by atoms with Crippen molar-refractivity contribution >= 4 is 11.8 Å². The number of aromatic nitrogens is 2. The molecule has 0 aliphatic carbocycles. The maximum Gasteiger partial charge on any atom is 0.347 e. The van der Waals surface area contributed by atoms with Crippen LogP contribution in [0.3, 0.4) is 0 Å². The van der Waals surface area contributed by atoms with Gasteiger partial charge in [0.15, 0.2) is 0 Å². The zero-order valence-corrected chi connectivity index (χ0v) is 14.8. The van der Waals surface area contributed by atoms with Crippen LogP contribution in [0, 0.1) is 0 Å². The lowest BCUT2D eigenvalue weighted by molar-refractivity contribution is -0.133. The summed E-state index contributed by atoms with van der Waals surface area (Å²) < 4.78 is 1.29. The summed E-state index contributed by atoms with van der Waals surface area (Å²) in [6, 6.07) is 9.27. The second-order valence-electron chi connectivity index (χ2n) is 6.25. The zero-order valence-electron chi connectivity index (χ0n) is 14.8. The molecule has 0 saturated carbocycles. The molecule has 1 aromatic heterocycles. The van der Waals surface area contributed by atoms with Crippen LogP contribution in [-0.2, 0) is 17.8 Å². The summed E-state index contributed by atoms with van der Waals surface area (Å²) in [7, 11) is 0. The van der Waals surface area contributed by atoms with Crippen LogP contribution in [0.4, 0.5) is 0 Å². The summed E-state index contributed by atoms with van der Waals surface area (Å²) in [5, 5.41) is 0. The smallest absolute Gasteiger partial charge is 0.338 e. The van der Waals surface area contributed by atoms with E-state index in [1.54, 1.807) is 22.1 Å². The molecule has 1 saturated heterocycles. The van der Waals surface area contributed by atoms with Gasteiger partial charge in [-0.05, 0) is 30.2 Å². The van der Waals surface area contributed by atoms with Gasteiger partial charge in [-0.2, -0.15) is 0 Å². The Kier molecular flexibility index (Phi) is 5.46. The van der Waals surface area contributed by atoms with Crippen LogP contribution in [0.25, 0.3) is 0 Å². The van der Waals surface area contributed by atoms with Gasteiger partial charge in [0.2, 0.25) is 5.91 Å². The van der Waals surface area contributed by atoms with Gasteiger partial charge in [-0.1, -0.05) is 19.1 Å². The first kappa shape index (κ1) is 17.8. The van der Waals surface area contributed by atoms with Crippen LogP contribution in [0.1, 0.15) is 22.8 Å². The van der Waals surface area contributed by atoms with Gasteiger partial charge in [0.1, 0.15) is 6.54 Å². The number of rotatable bonds is 4. The second kappa shape index (κ2) is 7.95. The number of benzene rings is 1. The fourth-order valence-electron chi connectivity index (χ4n) is 2.98. The van der Waals surface area contributed by atoms with Crippen molar-refractivity contribution in [3.8, 4) is 0 Å². The maximum absolute atomic E-state index is 12.6. The molecule has 136 valence electrons. The first-order valence-electron chi connectivity index (χ1n) is 8.76. The number of hydrogen-bond acceptors (Lipinski definition) is 4. The van der Waals surface area contributed by atoms with Gasteiger partial charge in [-0.25, -0.2) is 9.78 Å². The van der Waals surface area contributed by atoms with Gasteiger partial charge in [-0.15, -0.1) is 0 Å². The van der Waals surface area contributed by atoms with Crippen molar-refractivity contribution in [2.45, 2.75) is 19.9 Å². The molecule has 0 spiro atoms. The number of aryl methyl sites for hydroxylation is 1. The summed E-state index contributed by atoms with van der Waals surface area (Å²) in [6.45, 7) is 3.95. The average molecular weight is 354 g/mol. The Labute approximate surface area is 151 Å². The normalized spacial score (nSPS) is 14.3. The predicted octanol–water partition coefficient (Wildman–Crippen LogP) is 0.790. The lowest BCUT2D eigenvalue weighted by atomic mass is 10.1. The molecule has 1 aliphatic rings. The molecule has 7 heteroatoms. The van der Waals surface area contributed by atoms with Crippen molar-refractivity contribution in [3.63, 3.8) is 0 Å². The third-order valence-electron chi connectivity index (χ3n) is 4.62. The lowest BCUT2D eigenvalue weighted by Gasteiger charge is -2.35. The average Bonchev–Trinajstić information content (AvgIpc) is 2.69. The molecule has 2 amide bonds. The molecular formula is C19H22N4O3. The molecular weight excluding hydrogens is 332 g/mol. The van der Waals surface area contributed by atoms with Crippen LogP contribution < -0.4 is 5.69 Å². The highest BCUT2D eigenvalue weighted by Crippen LogP contribution is 2.11. The highest BCUT2D eigenvalue weighted by Gasteiger charge is 2.25. The Balaban J connectivity index is 1.56. The van der Waals surface area contributed by atoms with Crippen molar-refractivity contribution in [1.29, 1.82) is 0 Å². The molecule has 3 rings (SSSR count). The fraction of sp³-hybridized carbons (Fsp3) is 0.368. The van der Waals surface area contributed by atoms with Gasteiger partial charge in [0.05, 0.1) is 0 Å². The third kappa shape index (κ3) is 3.99. The summed E-state index contributed by atoms with van der Waals surface area (Å²) in [5.41, 5.74) is 1.43. The van der Waals surface area contributed by atoms with Gasteiger partial charge >= 0.3 is 5.69 Å². The SMILES string of the molecule is CCc1ccc(C(=O)N2CCN(C(=O)Cn3cccnc3=O)CC2)cc1. The minimum Gasteiger partial charge on any atom is -0.338 e. The molecule has 1 aromatic carbocycles. The molecule has 0 N–H and O–H groups in total. The molecule has 0 bridgehead atoms. The first-order chi connectivity index (χ1) is 12.6. The van der Waals surface area contributed by atoms with E-state index in [1.165, 1.54) is 16.3 Å². The summed E-state index contributed by atoms with van der Waals surface area (Å²) in [5.74, 6) is -0.150. The number of amides is 2. The van der Waals surface area contributed by atoms with Crippen molar-refractivity contribution in [3.05, 3.63) is 64.3 Å². The Morgan fingerprint density at radius 3 is 2.31 bits per heavy atom. The van der Waals surface area contributed by atoms with Crippen molar-refractivity contribution in [1.82, 2.24) is 19.4 Å².